The van der Waals surface area contributed by atoms with E-state index in [1.807, 2.05) is 0 Å². The second-order valence-electron chi connectivity index (χ2n) is 2.23. The molecule has 8 heavy (non-hydrogen) atoms. The predicted molar refractivity (Wildman–Crippen MR) is 32.6 cm³/mol. The van der Waals surface area contributed by atoms with Gasteiger partial charge < -0.3 is 10.5 Å². The summed E-state index contributed by atoms with van der Waals surface area (Å²) in [4.78, 5) is 0. The maximum absolute atomic E-state index is 5.54. The molecule has 0 saturated carbocycles. The molecule has 0 aromatic rings. The highest BCUT2D eigenvalue weighted by Gasteiger charge is 2.10. The number of hydrogen-bond acceptors (Lipinski definition) is 2. The Kier molecular flexibility index (Phi) is 1.65. The van der Waals surface area contributed by atoms with Gasteiger partial charge in [-0.05, 0) is 6.42 Å². The van der Waals surface area contributed by atoms with Crippen LogP contribution in [0, 0.1) is 0 Å². The molecule has 0 aliphatic carbocycles. The van der Waals surface area contributed by atoms with Crippen molar-refractivity contribution < 1.29 is 4.74 Å². The van der Waals surface area contributed by atoms with E-state index in [-0.39, 0.29) is 6.04 Å². The average Bonchev–Trinajstić information content (AvgIpc) is 1.64. The molecule has 0 aromatic heterocycles. The van der Waals surface area contributed by atoms with Crippen LogP contribution in [0.25, 0.3) is 0 Å². The van der Waals surface area contributed by atoms with Gasteiger partial charge in [-0.1, -0.05) is 12.2 Å². The van der Waals surface area contributed by atoms with Crippen molar-refractivity contribution in [2.75, 3.05) is 13.2 Å². The zero-order chi connectivity index (χ0) is 5.98. The van der Waals surface area contributed by atoms with Crippen LogP contribution in [-0.2, 0) is 4.74 Å². The summed E-state index contributed by atoms with van der Waals surface area (Å²) in [5.74, 6) is 0. The van der Waals surface area contributed by atoms with Gasteiger partial charge >= 0.3 is 0 Å². The van der Waals surface area contributed by atoms with Crippen molar-refractivity contribution in [1.29, 1.82) is 0 Å². The summed E-state index contributed by atoms with van der Waals surface area (Å²) in [5, 5.41) is 0. The lowest BCUT2D eigenvalue weighted by Gasteiger charge is -2.19. The van der Waals surface area contributed by atoms with Gasteiger partial charge in [0.15, 0.2) is 0 Å². The lowest BCUT2D eigenvalue weighted by Crippen LogP contribution is -2.31. The minimum absolute atomic E-state index is 0.191. The standard InChI is InChI=1S/C6H11NO/c1-5-2-6(7)4-8-3-5/h6H,1-4,7H2. The van der Waals surface area contributed by atoms with Crippen molar-refractivity contribution in [2.24, 2.45) is 5.73 Å². The quantitative estimate of drug-likeness (QED) is 0.458. The first-order valence-electron chi connectivity index (χ1n) is 2.79. The van der Waals surface area contributed by atoms with Gasteiger partial charge in [0.05, 0.1) is 13.2 Å². The SMILES string of the molecule is C=C1COCC(N)C1. The molecule has 0 aromatic carbocycles. The molecule has 1 unspecified atom stereocenters. The summed E-state index contributed by atoms with van der Waals surface area (Å²) < 4.78 is 5.07. The van der Waals surface area contributed by atoms with Gasteiger partial charge in [-0.15, -0.1) is 0 Å². The molecule has 0 amide bonds. The first-order valence-corrected chi connectivity index (χ1v) is 2.79. The van der Waals surface area contributed by atoms with E-state index in [0.29, 0.717) is 13.2 Å². The van der Waals surface area contributed by atoms with Crippen LogP contribution in [0.3, 0.4) is 0 Å². The normalized spacial score (nSPS) is 30.6. The topological polar surface area (TPSA) is 35.2 Å². The second kappa shape index (κ2) is 2.29. The van der Waals surface area contributed by atoms with Crippen LogP contribution in [0.1, 0.15) is 6.42 Å². The zero-order valence-electron chi connectivity index (χ0n) is 4.89. The van der Waals surface area contributed by atoms with Crippen LogP contribution in [0.5, 0.6) is 0 Å². The third-order valence-corrected chi connectivity index (χ3v) is 1.19. The van der Waals surface area contributed by atoms with Gasteiger partial charge in [0.2, 0.25) is 0 Å². The van der Waals surface area contributed by atoms with Gasteiger partial charge in [-0.2, -0.15) is 0 Å². The maximum Gasteiger partial charge on any atom is 0.0675 e. The van der Waals surface area contributed by atoms with Crippen LogP contribution in [0.2, 0.25) is 0 Å². The van der Waals surface area contributed by atoms with Gasteiger partial charge in [-0.3, -0.25) is 0 Å². The predicted octanol–water partition coefficient (Wildman–Crippen LogP) is 0.290. The molecular weight excluding hydrogens is 102 g/mol. The molecule has 1 heterocycles. The highest BCUT2D eigenvalue weighted by atomic mass is 16.5. The Balaban J connectivity index is 2.34. The van der Waals surface area contributed by atoms with Crippen molar-refractivity contribution >= 4 is 0 Å². The van der Waals surface area contributed by atoms with Crippen molar-refractivity contribution in [1.82, 2.24) is 0 Å². The summed E-state index contributed by atoms with van der Waals surface area (Å²) >= 11 is 0. The summed E-state index contributed by atoms with van der Waals surface area (Å²) in [5.41, 5.74) is 6.65. The Hall–Kier alpha value is -0.340. The Labute approximate surface area is 49.3 Å². The number of hydrogen-bond donors (Lipinski definition) is 1. The second-order valence-corrected chi connectivity index (χ2v) is 2.23. The Bertz CT molecular complexity index is 101. The molecule has 1 aliphatic rings. The van der Waals surface area contributed by atoms with E-state index in [0.717, 1.165) is 12.0 Å². The highest BCUT2D eigenvalue weighted by Crippen LogP contribution is 2.07. The van der Waals surface area contributed by atoms with Gasteiger partial charge in [0, 0.05) is 6.04 Å². The summed E-state index contributed by atoms with van der Waals surface area (Å²) in [7, 11) is 0. The molecule has 2 N–H and O–H groups in total. The molecule has 1 saturated heterocycles. The van der Waals surface area contributed by atoms with Crippen LogP contribution < -0.4 is 5.73 Å². The Morgan fingerprint density at radius 1 is 1.75 bits per heavy atom. The minimum atomic E-state index is 0.191. The van der Waals surface area contributed by atoms with E-state index < -0.39 is 0 Å². The van der Waals surface area contributed by atoms with Gasteiger partial charge in [-0.25, -0.2) is 0 Å². The first kappa shape index (κ1) is 5.79. The van der Waals surface area contributed by atoms with E-state index in [1.54, 1.807) is 0 Å². The lowest BCUT2D eigenvalue weighted by atomic mass is 10.1. The molecule has 2 nitrogen and oxygen atoms in total. The fourth-order valence-corrected chi connectivity index (χ4v) is 0.843. The molecule has 0 spiro atoms. The molecule has 1 atom stereocenters. The summed E-state index contributed by atoms with van der Waals surface area (Å²) in [6.45, 7) is 5.16. The van der Waals surface area contributed by atoms with Crippen LogP contribution in [0.15, 0.2) is 12.2 Å². The molecule has 1 aliphatic heterocycles. The molecule has 2 heteroatoms. The molecular formula is C6H11NO. The fraction of sp³-hybridized carbons (Fsp3) is 0.667. The van der Waals surface area contributed by atoms with E-state index in [9.17, 15) is 0 Å². The molecule has 0 bridgehead atoms. The Morgan fingerprint density at radius 2 is 2.50 bits per heavy atom. The van der Waals surface area contributed by atoms with E-state index >= 15 is 0 Å². The average molecular weight is 113 g/mol. The van der Waals surface area contributed by atoms with Crippen molar-refractivity contribution in [3.8, 4) is 0 Å². The van der Waals surface area contributed by atoms with Crippen LogP contribution in [0.4, 0.5) is 0 Å². The number of ether oxygens (including phenoxy) is 1. The molecule has 46 valence electrons. The molecule has 0 radical (unpaired) electrons. The molecule has 1 fully saturated rings. The first-order chi connectivity index (χ1) is 3.79. The van der Waals surface area contributed by atoms with Crippen LogP contribution in [-0.4, -0.2) is 19.3 Å². The Morgan fingerprint density at radius 3 is 2.88 bits per heavy atom. The highest BCUT2D eigenvalue weighted by molar-refractivity contribution is 4.99. The minimum Gasteiger partial charge on any atom is -0.376 e. The third kappa shape index (κ3) is 1.32. The van der Waals surface area contributed by atoms with Crippen molar-refractivity contribution in [2.45, 2.75) is 12.5 Å². The smallest absolute Gasteiger partial charge is 0.0675 e. The summed E-state index contributed by atoms with van der Waals surface area (Å²) in [6, 6.07) is 0.191. The zero-order valence-corrected chi connectivity index (χ0v) is 4.89. The van der Waals surface area contributed by atoms with E-state index in [4.69, 9.17) is 10.5 Å². The number of nitrogens with two attached hydrogens (primary N) is 1. The van der Waals surface area contributed by atoms with Crippen molar-refractivity contribution in [3.05, 3.63) is 12.2 Å². The monoisotopic (exact) mass is 113 g/mol. The van der Waals surface area contributed by atoms with E-state index in [1.165, 1.54) is 0 Å². The van der Waals surface area contributed by atoms with E-state index in [2.05, 4.69) is 6.58 Å². The molecule has 1 rings (SSSR count). The summed E-state index contributed by atoms with van der Waals surface area (Å²) in [6.07, 6.45) is 0.931. The fourth-order valence-electron chi connectivity index (χ4n) is 0.843. The largest absolute Gasteiger partial charge is 0.376 e. The van der Waals surface area contributed by atoms with Crippen LogP contribution >= 0.6 is 0 Å². The third-order valence-electron chi connectivity index (χ3n) is 1.19. The number of rotatable bonds is 0. The van der Waals surface area contributed by atoms with Crippen molar-refractivity contribution in [3.63, 3.8) is 0 Å². The van der Waals surface area contributed by atoms with Gasteiger partial charge in [0.1, 0.15) is 0 Å². The maximum atomic E-state index is 5.54. The lowest BCUT2D eigenvalue weighted by molar-refractivity contribution is 0.115. The van der Waals surface area contributed by atoms with Gasteiger partial charge in [0.25, 0.3) is 0 Å².